The summed E-state index contributed by atoms with van der Waals surface area (Å²) in [5.74, 6) is 0.492. The van der Waals surface area contributed by atoms with Crippen LogP contribution in [0.1, 0.15) is 45.1 Å². The van der Waals surface area contributed by atoms with Gasteiger partial charge in [0, 0.05) is 24.6 Å². The molecule has 0 aromatic heterocycles. The van der Waals surface area contributed by atoms with Crippen molar-refractivity contribution in [2.75, 3.05) is 5.32 Å². The van der Waals surface area contributed by atoms with E-state index in [1.807, 2.05) is 38.1 Å². The van der Waals surface area contributed by atoms with Crippen LogP contribution in [0.4, 0.5) is 5.69 Å². The molecule has 2 atom stereocenters. The lowest BCUT2D eigenvalue weighted by Gasteiger charge is -2.12. The zero-order valence-corrected chi connectivity index (χ0v) is 14.0. The fourth-order valence-electron chi connectivity index (χ4n) is 2.59. The van der Waals surface area contributed by atoms with Crippen LogP contribution in [0.2, 0.25) is 0 Å². The second-order valence-electron chi connectivity index (χ2n) is 6.25. The molecule has 4 heteroatoms. The third kappa shape index (κ3) is 5.55. The van der Waals surface area contributed by atoms with Gasteiger partial charge >= 0.3 is 0 Å². The van der Waals surface area contributed by atoms with E-state index in [0.717, 1.165) is 30.5 Å². The summed E-state index contributed by atoms with van der Waals surface area (Å²) in [6.07, 6.45) is 7.80. The van der Waals surface area contributed by atoms with Crippen LogP contribution < -0.4 is 10.6 Å². The van der Waals surface area contributed by atoms with Crippen LogP contribution in [-0.2, 0) is 16.1 Å². The minimum Gasteiger partial charge on any atom is -0.352 e. The van der Waals surface area contributed by atoms with Crippen molar-refractivity contribution >= 4 is 17.5 Å². The quantitative estimate of drug-likeness (QED) is 0.755. The first-order valence-electron chi connectivity index (χ1n) is 8.41. The van der Waals surface area contributed by atoms with Gasteiger partial charge in [-0.1, -0.05) is 38.1 Å². The third-order valence-corrected chi connectivity index (χ3v) is 4.30. The van der Waals surface area contributed by atoms with E-state index in [2.05, 4.69) is 22.8 Å². The van der Waals surface area contributed by atoms with Gasteiger partial charge in [0.2, 0.25) is 11.8 Å². The highest BCUT2D eigenvalue weighted by atomic mass is 16.2. The van der Waals surface area contributed by atoms with Gasteiger partial charge in [0.15, 0.2) is 0 Å². The number of amides is 2. The first-order chi connectivity index (χ1) is 11.1. The first kappa shape index (κ1) is 17.3. The van der Waals surface area contributed by atoms with E-state index >= 15 is 0 Å². The van der Waals surface area contributed by atoms with E-state index in [0.29, 0.717) is 18.9 Å². The summed E-state index contributed by atoms with van der Waals surface area (Å²) in [6, 6.07) is 7.63. The number of anilines is 1. The van der Waals surface area contributed by atoms with Crippen LogP contribution in [-0.4, -0.2) is 11.8 Å². The molecule has 0 fully saturated rings. The number of nitrogens with one attached hydrogen (secondary N) is 2. The molecule has 23 heavy (non-hydrogen) atoms. The Balaban J connectivity index is 1.83. The third-order valence-electron chi connectivity index (χ3n) is 4.30. The highest BCUT2D eigenvalue weighted by Gasteiger charge is 2.14. The normalized spacial score (nSPS) is 17.7. The van der Waals surface area contributed by atoms with E-state index in [4.69, 9.17) is 0 Å². The molecule has 0 saturated carbocycles. The lowest BCUT2D eigenvalue weighted by atomic mass is 10.0. The number of hydrogen-bond acceptors (Lipinski definition) is 2. The molecular formula is C19H26N2O2. The SMILES string of the molecule is CCC(C)C(=O)Nc1cccc(CNC(=O)CC2C=CCC2)c1. The lowest BCUT2D eigenvalue weighted by Crippen LogP contribution is -2.24. The monoisotopic (exact) mass is 314 g/mol. The van der Waals surface area contributed by atoms with Crippen LogP contribution in [0.15, 0.2) is 36.4 Å². The van der Waals surface area contributed by atoms with Crippen molar-refractivity contribution in [3.8, 4) is 0 Å². The molecule has 0 aliphatic heterocycles. The average molecular weight is 314 g/mol. The molecule has 2 unspecified atom stereocenters. The van der Waals surface area contributed by atoms with E-state index in [1.165, 1.54) is 0 Å². The van der Waals surface area contributed by atoms with Crippen molar-refractivity contribution in [2.24, 2.45) is 11.8 Å². The van der Waals surface area contributed by atoms with E-state index in [1.54, 1.807) is 0 Å². The minimum absolute atomic E-state index is 0.00201. The molecule has 4 nitrogen and oxygen atoms in total. The summed E-state index contributed by atoms with van der Waals surface area (Å²) in [6.45, 7) is 4.40. The zero-order chi connectivity index (χ0) is 16.7. The summed E-state index contributed by atoms with van der Waals surface area (Å²) in [5.41, 5.74) is 1.77. The molecular weight excluding hydrogens is 288 g/mol. The molecule has 1 aromatic carbocycles. The van der Waals surface area contributed by atoms with Crippen molar-refractivity contribution in [2.45, 2.75) is 46.1 Å². The summed E-state index contributed by atoms with van der Waals surface area (Å²) in [4.78, 5) is 23.9. The molecule has 1 aliphatic carbocycles. The van der Waals surface area contributed by atoms with Crippen LogP contribution in [0.3, 0.4) is 0 Å². The predicted molar refractivity (Wildman–Crippen MR) is 92.9 cm³/mol. The molecule has 2 N–H and O–H groups in total. The second kappa shape index (κ2) is 8.51. The average Bonchev–Trinajstić information content (AvgIpc) is 3.05. The number of carbonyl (C=O) groups excluding carboxylic acids is 2. The first-order valence-corrected chi connectivity index (χ1v) is 8.41. The van der Waals surface area contributed by atoms with Crippen LogP contribution >= 0.6 is 0 Å². The molecule has 0 spiro atoms. The number of benzene rings is 1. The van der Waals surface area contributed by atoms with Crippen molar-refractivity contribution in [3.63, 3.8) is 0 Å². The fourth-order valence-corrected chi connectivity index (χ4v) is 2.59. The molecule has 0 heterocycles. The standard InChI is InChI=1S/C19H26N2O2/c1-3-14(2)19(23)21-17-10-6-9-16(11-17)13-20-18(22)12-15-7-4-5-8-15/h4,6-7,9-11,14-15H,3,5,8,12-13H2,1-2H3,(H,20,22)(H,21,23). The second-order valence-corrected chi connectivity index (χ2v) is 6.25. The Labute approximate surface area is 138 Å². The highest BCUT2D eigenvalue weighted by Crippen LogP contribution is 2.20. The Morgan fingerprint density at radius 2 is 2.17 bits per heavy atom. The number of rotatable bonds is 7. The number of allylic oxidation sites excluding steroid dienone is 2. The minimum atomic E-state index is -0.00201. The van der Waals surface area contributed by atoms with Gasteiger partial charge in [0.25, 0.3) is 0 Å². The molecule has 1 aliphatic rings. The Hall–Kier alpha value is -2.10. The van der Waals surface area contributed by atoms with Crippen LogP contribution in [0, 0.1) is 11.8 Å². The van der Waals surface area contributed by atoms with E-state index < -0.39 is 0 Å². The predicted octanol–water partition coefficient (Wildman–Crippen LogP) is 3.64. The van der Waals surface area contributed by atoms with Gasteiger partial charge in [-0.25, -0.2) is 0 Å². The van der Waals surface area contributed by atoms with Gasteiger partial charge in [0.1, 0.15) is 0 Å². The molecule has 2 rings (SSSR count). The zero-order valence-electron chi connectivity index (χ0n) is 14.0. The highest BCUT2D eigenvalue weighted by molar-refractivity contribution is 5.92. The van der Waals surface area contributed by atoms with Crippen molar-refractivity contribution in [3.05, 3.63) is 42.0 Å². The number of hydrogen-bond donors (Lipinski definition) is 2. The molecule has 2 amide bonds. The molecule has 0 saturated heterocycles. The summed E-state index contributed by atoms with van der Waals surface area (Å²) >= 11 is 0. The Morgan fingerprint density at radius 1 is 1.35 bits per heavy atom. The van der Waals surface area contributed by atoms with Gasteiger partial charge < -0.3 is 10.6 Å². The Kier molecular flexibility index (Phi) is 6.39. The molecule has 124 valence electrons. The summed E-state index contributed by atoms with van der Waals surface area (Å²) in [5, 5.41) is 5.87. The Morgan fingerprint density at radius 3 is 2.87 bits per heavy atom. The van der Waals surface area contributed by atoms with Gasteiger partial charge in [-0.3, -0.25) is 9.59 Å². The largest absolute Gasteiger partial charge is 0.352 e. The van der Waals surface area contributed by atoms with E-state index in [-0.39, 0.29) is 17.7 Å². The van der Waals surface area contributed by atoms with Gasteiger partial charge in [-0.15, -0.1) is 0 Å². The summed E-state index contributed by atoms with van der Waals surface area (Å²) in [7, 11) is 0. The van der Waals surface area contributed by atoms with Crippen molar-refractivity contribution in [1.29, 1.82) is 0 Å². The van der Waals surface area contributed by atoms with Gasteiger partial charge in [-0.05, 0) is 42.9 Å². The van der Waals surface area contributed by atoms with Crippen molar-refractivity contribution in [1.82, 2.24) is 5.32 Å². The molecule has 1 aromatic rings. The van der Waals surface area contributed by atoms with Crippen molar-refractivity contribution < 1.29 is 9.59 Å². The summed E-state index contributed by atoms with van der Waals surface area (Å²) < 4.78 is 0. The Bertz CT molecular complexity index is 580. The van der Waals surface area contributed by atoms with Gasteiger partial charge in [0.05, 0.1) is 0 Å². The number of carbonyl (C=O) groups is 2. The maximum Gasteiger partial charge on any atom is 0.227 e. The van der Waals surface area contributed by atoms with Gasteiger partial charge in [-0.2, -0.15) is 0 Å². The maximum absolute atomic E-state index is 11.9. The topological polar surface area (TPSA) is 58.2 Å². The van der Waals surface area contributed by atoms with E-state index in [9.17, 15) is 9.59 Å². The maximum atomic E-state index is 11.9. The van der Waals surface area contributed by atoms with Crippen LogP contribution in [0.25, 0.3) is 0 Å². The van der Waals surface area contributed by atoms with Crippen LogP contribution in [0.5, 0.6) is 0 Å². The molecule has 0 radical (unpaired) electrons. The fraction of sp³-hybridized carbons (Fsp3) is 0.474. The smallest absolute Gasteiger partial charge is 0.227 e. The molecule has 0 bridgehead atoms. The lowest BCUT2D eigenvalue weighted by molar-refractivity contribution is -0.122.